The van der Waals surface area contributed by atoms with Crippen molar-refractivity contribution in [2.75, 3.05) is 7.11 Å². The fraction of sp³-hybridized carbons (Fsp3) is 0.263. The van der Waals surface area contributed by atoms with Crippen LogP contribution in [0.25, 0.3) is 0 Å². The van der Waals surface area contributed by atoms with Crippen molar-refractivity contribution >= 4 is 11.9 Å². The molecule has 0 fully saturated rings. The first kappa shape index (κ1) is 18.6. The summed E-state index contributed by atoms with van der Waals surface area (Å²) in [5, 5.41) is 2.59. The largest absolute Gasteiger partial charge is 0.467 e. The van der Waals surface area contributed by atoms with Crippen molar-refractivity contribution in [1.82, 2.24) is 5.32 Å². The van der Waals surface area contributed by atoms with Gasteiger partial charge in [0.25, 0.3) is 0 Å². The molecule has 2 aromatic carbocycles. The van der Waals surface area contributed by atoms with Gasteiger partial charge in [0, 0.05) is 0 Å². The number of aryl methyl sites for hydroxylation is 1. The maximum Gasteiger partial charge on any atom is 0.328 e. The highest BCUT2D eigenvalue weighted by atomic mass is 19.2. The van der Waals surface area contributed by atoms with Gasteiger partial charge in [0.15, 0.2) is 11.6 Å². The Morgan fingerprint density at radius 1 is 1.04 bits per heavy atom. The first-order valence-electron chi connectivity index (χ1n) is 7.84. The second-order valence-corrected chi connectivity index (χ2v) is 5.59. The molecule has 0 aliphatic carbocycles. The van der Waals surface area contributed by atoms with E-state index in [-0.39, 0.29) is 6.42 Å². The lowest BCUT2D eigenvalue weighted by Gasteiger charge is -2.16. The van der Waals surface area contributed by atoms with E-state index >= 15 is 0 Å². The molecule has 0 aliphatic rings. The number of ether oxygens (including phenoxy) is 1. The van der Waals surface area contributed by atoms with E-state index in [1.165, 1.54) is 13.2 Å². The maximum absolute atomic E-state index is 13.2. The average molecular weight is 347 g/mol. The van der Waals surface area contributed by atoms with Crippen molar-refractivity contribution < 1.29 is 23.1 Å². The molecule has 0 aromatic heterocycles. The van der Waals surface area contributed by atoms with E-state index in [1.807, 2.05) is 30.3 Å². The number of hydrogen-bond donors (Lipinski definition) is 1. The van der Waals surface area contributed by atoms with Crippen LogP contribution in [0.3, 0.4) is 0 Å². The molecule has 6 heteroatoms. The quantitative estimate of drug-likeness (QED) is 0.784. The monoisotopic (exact) mass is 347 g/mol. The number of rotatable bonds is 7. The third-order valence-corrected chi connectivity index (χ3v) is 3.73. The van der Waals surface area contributed by atoms with E-state index in [0.717, 1.165) is 17.7 Å². The van der Waals surface area contributed by atoms with E-state index in [1.54, 1.807) is 0 Å². The lowest BCUT2D eigenvalue weighted by atomic mass is 10.0. The Balaban J connectivity index is 1.96. The number of halogens is 2. The molecule has 1 amide bonds. The van der Waals surface area contributed by atoms with Gasteiger partial charge in [-0.3, -0.25) is 4.79 Å². The minimum atomic E-state index is -1.01. The summed E-state index contributed by atoms with van der Waals surface area (Å²) in [6.45, 7) is 0. The topological polar surface area (TPSA) is 55.4 Å². The van der Waals surface area contributed by atoms with Crippen molar-refractivity contribution in [3.63, 3.8) is 0 Å². The maximum atomic E-state index is 13.2. The highest BCUT2D eigenvalue weighted by molar-refractivity contribution is 5.85. The van der Waals surface area contributed by atoms with Crippen molar-refractivity contribution in [2.45, 2.75) is 25.3 Å². The average Bonchev–Trinajstić information content (AvgIpc) is 2.62. The van der Waals surface area contributed by atoms with Crippen LogP contribution in [0.4, 0.5) is 8.78 Å². The van der Waals surface area contributed by atoms with Gasteiger partial charge >= 0.3 is 5.97 Å². The lowest BCUT2D eigenvalue weighted by molar-refractivity contribution is -0.145. The lowest BCUT2D eigenvalue weighted by Crippen LogP contribution is -2.42. The van der Waals surface area contributed by atoms with Crippen molar-refractivity contribution in [3.05, 3.63) is 71.3 Å². The van der Waals surface area contributed by atoms with Crippen LogP contribution in [-0.2, 0) is 27.2 Å². The number of methoxy groups -OCH3 is 1. The van der Waals surface area contributed by atoms with E-state index in [2.05, 4.69) is 5.32 Å². The normalized spacial score (nSPS) is 11.6. The Bertz CT molecular complexity index is 735. The van der Waals surface area contributed by atoms with Crippen LogP contribution in [-0.4, -0.2) is 25.0 Å². The smallest absolute Gasteiger partial charge is 0.328 e. The number of esters is 1. The van der Waals surface area contributed by atoms with E-state index < -0.39 is 29.6 Å². The molecule has 0 radical (unpaired) electrons. The standard InChI is InChI=1S/C19H19F2NO3/c1-25-19(24)17(10-8-13-5-3-2-4-6-13)22-18(23)12-14-7-9-15(20)16(21)11-14/h2-7,9,11,17H,8,10,12H2,1H3,(H,22,23)/t17-/m0/s1. The SMILES string of the molecule is COC(=O)[C@H](CCc1ccccc1)NC(=O)Cc1ccc(F)c(F)c1. The van der Waals surface area contributed by atoms with Gasteiger partial charge in [0.2, 0.25) is 5.91 Å². The number of nitrogens with one attached hydrogen (secondary N) is 1. The van der Waals surface area contributed by atoms with E-state index in [4.69, 9.17) is 4.74 Å². The van der Waals surface area contributed by atoms with Gasteiger partial charge in [-0.2, -0.15) is 0 Å². The van der Waals surface area contributed by atoms with Crippen LogP contribution in [0.2, 0.25) is 0 Å². The van der Waals surface area contributed by atoms with Gasteiger partial charge in [-0.25, -0.2) is 13.6 Å². The van der Waals surface area contributed by atoms with Gasteiger partial charge in [-0.15, -0.1) is 0 Å². The second-order valence-electron chi connectivity index (χ2n) is 5.59. The molecule has 2 aromatic rings. The fourth-order valence-electron chi connectivity index (χ4n) is 2.43. The Hall–Kier alpha value is -2.76. The third-order valence-electron chi connectivity index (χ3n) is 3.73. The minimum absolute atomic E-state index is 0.157. The Kier molecular flexibility index (Phi) is 6.62. The Morgan fingerprint density at radius 3 is 2.40 bits per heavy atom. The van der Waals surface area contributed by atoms with Crippen LogP contribution in [0.1, 0.15) is 17.5 Å². The zero-order chi connectivity index (χ0) is 18.2. The summed E-state index contributed by atoms with van der Waals surface area (Å²) < 4.78 is 30.8. The molecule has 132 valence electrons. The van der Waals surface area contributed by atoms with Gasteiger partial charge in [0.05, 0.1) is 13.5 Å². The van der Waals surface area contributed by atoms with Gasteiger partial charge in [0.1, 0.15) is 6.04 Å². The molecular formula is C19H19F2NO3. The molecule has 2 rings (SSSR count). The Labute approximate surface area is 144 Å². The summed E-state index contributed by atoms with van der Waals surface area (Å²) in [5.41, 5.74) is 1.36. The number of carbonyl (C=O) groups excluding carboxylic acids is 2. The first-order valence-corrected chi connectivity index (χ1v) is 7.84. The molecule has 0 saturated heterocycles. The van der Waals surface area contributed by atoms with Gasteiger partial charge in [-0.05, 0) is 36.1 Å². The molecule has 1 N–H and O–H groups in total. The minimum Gasteiger partial charge on any atom is -0.467 e. The molecule has 4 nitrogen and oxygen atoms in total. The highest BCUT2D eigenvalue weighted by Gasteiger charge is 2.21. The second kappa shape index (κ2) is 8.92. The predicted octanol–water partition coefficient (Wildman–Crippen LogP) is 2.80. The van der Waals surface area contributed by atoms with Crippen molar-refractivity contribution in [3.8, 4) is 0 Å². The Morgan fingerprint density at radius 2 is 1.76 bits per heavy atom. The number of benzene rings is 2. The van der Waals surface area contributed by atoms with Crippen LogP contribution >= 0.6 is 0 Å². The molecule has 0 saturated carbocycles. The first-order chi connectivity index (χ1) is 12.0. The van der Waals surface area contributed by atoms with E-state index in [9.17, 15) is 18.4 Å². The molecule has 25 heavy (non-hydrogen) atoms. The summed E-state index contributed by atoms with van der Waals surface area (Å²) >= 11 is 0. The molecule has 1 atom stereocenters. The van der Waals surface area contributed by atoms with Crippen LogP contribution in [0, 0.1) is 11.6 Å². The summed E-state index contributed by atoms with van der Waals surface area (Å²) in [5.74, 6) is -3.00. The molecule has 0 bridgehead atoms. The van der Waals surface area contributed by atoms with Crippen LogP contribution in [0.15, 0.2) is 48.5 Å². The van der Waals surface area contributed by atoms with Gasteiger partial charge < -0.3 is 10.1 Å². The highest BCUT2D eigenvalue weighted by Crippen LogP contribution is 2.10. The molecule has 0 spiro atoms. The predicted molar refractivity (Wildman–Crippen MR) is 88.8 cm³/mol. The summed E-state index contributed by atoms with van der Waals surface area (Å²) in [7, 11) is 1.25. The third kappa shape index (κ3) is 5.67. The summed E-state index contributed by atoms with van der Waals surface area (Å²) in [6.07, 6.45) is 0.808. The zero-order valence-electron chi connectivity index (χ0n) is 13.8. The van der Waals surface area contributed by atoms with Gasteiger partial charge in [-0.1, -0.05) is 36.4 Å². The zero-order valence-corrected chi connectivity index (χ0v) is 13.8. The summed E-state index contributed by atoms with van der Waals surface area (Å²) in [6, 6.07) is 12.0. The molecule has 0 heterocycles. The molecular weight excluding hydrogens is 328 g/mol. The summed E-state index contributed by atoms with van der Waals surface area (Å²) in [4.78, 5) is 24.0. The van der Waals surface area contributed by atoms with Crippen LogP contribution in [0.5, 0.6) is 0 Å². The number of amides is 1. The van der Waals surface area contributed by atoms with Crippen molar-refractivity contribution in [1.29, 1.82) is 0 Å². The van der Waals surface area contributed by atoms with E-state index in [0.29, 0.717) is 18.4 Å². The fourth-order valence-corrected chi connectivity index (χ4v) is 2.43. The molecule has 0 unspecified atom stereocenters. The number of carbonyl (C=O) groups is 2. The molecule has 0 aliphatic heterocycles. The van der Waals surface area contributed by atoms with Crippen molar-refractivity contribution in [2.24, 2.45) is 0 Å². The van der Waals surface area contributed by atoms with Crippen LogP contribution < -0.4 is 5.32 Å². The number of hydrogen-bond acceptors (Lipinski definition) is 3.